The van der Waals surface area contributed by atoms with Crippen molar-refractivity contribution in [3.8, 4) is 0 Å². The molecule has 60 valence electrons. The van der Waals surface area contributed by atoms with Crippen molar-refractivity contribution in [2.45, 2.75) is 0 Å². The summed E-state index contributed by atoms with van der Waals surface area (Å²) in [5, 5.41) is 0. The Bertz CT molecular complexity index is 264. The summed E-state index contributed by atoms with van der Waals surface area (Å²) >= 11 is 1.21. The molecule has 0 aliphatic rings. The Hall–Kier alpha value is -0.460. The third kappa shape index (κ3) is 1.76. The predicted octanol–water partition coefficient (Wildman–Crippen LogP) is 3.01. The van der Waals surface area contributed by atoms with E-state index in [1.54, 1.807) is 0 Å². The molecule has 0 aromatic heterocycles. The molecule has 1 aromatic carbocycles. The van der Waals surface area contributed by atoms with Gasteiger partial charge in [0.2, 0.25) is 0 Å². The van der Waals surface area contributed by atoms with Gasteiger partial charge in [0.25, 0.3) is 0 Å². The second-order valence-corrected chi connectivity index (χ2v) is 2.65. The lowest BCUT2D eigenvalue weighted by atomic mass is 10.3. The van der Waals surface area contributed by atoms with Gasteiger partial charge in [-0.2, -0.15) is 0 Å². The first kappa shape index (κ1) is 8.63. The van der Waals surface area contributed by atoms with E-state index < -0.39 is 17.3 Å². The van der Waals surface area contributed by atoms with Gasteiger partial charge in [-0.1, -0.05) is 10.5 Å². The highest BCUT2D eigenvalue weighted by atomic mass is 127. The number of benzene rings is 1. The molecule has 1 nitrogen and oxygen atoms in total. The number of hydrogen-bond donors (Lipinski definition) is 0. The minimum Gasteiger partial charge on any atom is -0.204 e. The first-order valence-corrected chi connectivity index (χ1v) is 3.65. The largest absolute Gasteiger partial charge is 0.204 e. The summed E-state index contributed by atoms with van der Waals surface area (Å²) in [4.78, 5) is 0. The van der Waals surface area contributed by atoms with Crippen LogP contribution in [0.3, 0.4) is 0 Å². The Kier molecular flexibility index (Phi) is 2.58. The predicted molar refractivity (Wildman–Crippen MR) is 44.0 cm³/mol. The molecule has 0 aliphatic heterocycles. The molecule has 0 heterocycles. The van der Waals surface area contributed by atoms with Crippen LogP contribution in [0.15, 0.2) is 18.2 Å². The zero-order chi connectivity index (χ0) is 8.43. The lowest BCUT2D eigenvalue weighted by molar-refractivity contribution is 0.491. The summed E-state index contributed by atoms with van der Waals surface area (Å²) in [6.07, 6.45) is 0. The van der Waals surface area contributed by atoms with E-state index in [-0.39, 0.29) is 3.34 Å². The fraction of sp³-hybridized carbons (Fsp3) is 0. The van der Waals surface area contributed by atoms with Crippen molar-refractivity contribution in [2.24, 2.45) is 0 Å². The highest BCUT2D eigenvalue weighted by Gasteiger charge is 2.11. The summed E-state index contributed by atoms with van der Waals surface area (Å²) in [7, 11) is 0. The van der Waals surface area contributed by atoms with E-state index in [9.17, 15) is 13.3 Å². The fourth-order valence-corrected chi connectivity index (χ4v) is 0.996. The van der Waals surface area contributed by atoms with E-state index in [2.05, 4.69) is 0 Å². The minimum absolute atomic E-state index is 0.00380. The smallest absolute Gasteiger partial charge is 0.185 e. The molecule has 0 aliphatic carbocycles. The van der Waals surface area contributed by atoms with Crippen molar-refractivity contribution in [3.63, 3.8) is 0 Å². The second kappa shape index (κ2) is 3.29. The van der Waals surface area contributed by atoms with Crippen LogP contribution in [-0.2, 0) is 0 Å². The van der Waals surface area contributed by atoms with Crippen LogP contribution in [0.5, 0.6) is 0 Å². The van der Waals surface area contributed by atoms with Gasteiger partial charge in [-0.05, 0) is 12.1 Å². The zero-order valence-corrected chi connectivity index (χ0v) is 7.35. The van der Waals surface area contributed by atoms with Crippen LogP contribution < -0.4 is 3.34 Å². The lowest BCUT2D eigenvalue weighted by Gasteiger charge is -2.04. The number of hydrogen-bond acceptors (Lipinski definition) is 1. The fourth-order valence-electron chi connectivity index (χ4n) is 0.623. The average molecular weight is 273 g/mol. The Morgan fingerprint density at radius 2 is 1.91 bits per heavy atom. The molecule has 0 N–H and O–H groups in total. The van der Waals surface area contributed by atoms with E-state index in [1.165, 1.54) is 28.9 Å². The van der Waals surface area contributed by atoms with Crippen molar-refractivity contribution < 1.29 is 13.3 Å². The van der Waals surface area contributed by atoms with Gasteiger partial charge in [-0.3, -0.25) is 0 Å². The van der Waals surface area contributed by atoms with Gasteiger partial charge < -0.3 is 0 Å². The molecule has 0 amide bonds. The zero-order valence-electron chi connectivity index (χ0n) is 5.19. The van der Waals surface area contributed by atoms with E-state index in [0.717, 1.165) is 12.1 Å². The maximum absolute atomic E-state index is 12.6. The number of halogens is 4. The van der Waals surface area contributed by atoms with Gasteiger partial charge in [0.05, 0.1) is 22.9 Å². The van der Waals surface area contributed by atoms with Gasteiger partial charge in [-0.25, -0.2) is 8.78 Å². The number of nitrogens with zero attached hydrogens (tertiary/aromatic N) is 1. The maximum Gasteiger partial charge on any atom is 0.185 e. The van der Waals surface area contributed by atoms with Gasteiger partial charge in [0.1, 0.15) is 5.69 Å². The van der Waals surface area contributed by atoms with Crippen molar-refractivity contribution >= 4 is 28.6 Å². The van der Waals surface area contributed by atoms with Crippen molar-refractivity contribution in [3.05, 3.63) is 29.8 Å². The topological polar surface area (TPSA) is 3.24 Å². The van der Waals surface area contributed by atoms with E-state index in [4.69, 9.17) is 0 Å². The quantitative estimate of drug-likeness (QED) is 0.561. The first-order valence-electron chi connectivity index (χ1n) is 2.68. The molecule has 1 rings (SSSR count). The van der Waals surface area contributed by atoms with Crippen LogP contribution in [0.25, 0.3) is 0 Å². The van der Waals surface area contributed by atoms with Crippen LogP contribution in [0.1, 0.15) is 0 Å². The Balaban J connectivity index is 3.17. The summed E-state index contributed by atoms with van der Waals surface area (Å²) in [5.74, 6) is -2.23. The Labute approximate surface area is 75.2 Å². The summed E-state index contributed by atoms with van der Waals surface area (Å²) in [5.41, 5.74) is -0.411. The van der Waals surface area contributed by atoms with Gasteiger partial charge in [0.15, 0.2) is 11.6 Å². The third-order valence-corrected chi connectivity index (χ3v) is 1.63. The van der Waals surface area contributed by atoms with E-state index in [0.29, 0.717) is 0 Å². The van der Waals surface area contributed by atoms with Crippen LogP contribution in [0.4, 0.5) is 18.9 Å². The van der Waals surface area contributed by atoms with Crippen LogP contribution in [-0.4, -0.2) is 0 Å². The standard InChI is InChI=1S/C6H3F3IN/c7-4-2-1-3-5(6(4)8)11(9)10/h1-3H. The van der Waals surface area contributed by atoms with Crippen molar-refractivity contribution in [2.75, 3.05) is 3.34 Å². The molecule has 0 atom stereocenters. The summed E-state index contributed by atoms with van der Waals surface area (Å²) in [6, 6.07) is 3.31. The Morgan fingerprint density at radius 3 is 2.36 bits per heavy atom. The highest BCUT2D eigenvalue weighted by molar-refractivity contribution is 14.1. The summed E-state index contributed by atoms with van der Waals surface area (Å²) in [6.45, 7) is 0. The molecule has 0 saturated carbocycles. The third-order valence-electron chi connectivity index (χ3n) is 1.11. The monoisotopic (exact) mass is 273 g/mol. The van der Waals surface area contributed by atoms with Crippen molar-refractivity contribution in [1.29, 1.82) is 0 Å². The van der Waals surface area contributed by atoms with Gasteiger partial charge >= 0.3 is 0 Å². The molecule has 0 unspecified atom stereocenters. The highest BCUT2D eigenvalue weighted by Crippen LogP contribution is 2.24. The van der Waals surface area contributed by atoms with Crippen molar-refractivity contribution in [1.82, 2.24) is 0 Å². The molecule has 11 heavy (non-hydrogen) atoms. The first-order chi connectivity index (χ1) is 5.13. The Morgan fingerprint density at radius 1 is 1.27 bits per heavy atom. The molecule has 0 spiro atoms. The molecule has 5 heteroatoms. The van der Waals surface area contributed by atoms with Crippen LogP contribution in [0, 0.1) is 11.6 Å². The summed E-state index contributed by atoms with van der Waals surface area (Å²) < 4.78 is 37.2. The molecular formula is C6H3F3IN. The molecule has 0 radical (unpaired) electrons. The SMILES string of the molecule is Fc1cccc(N(F)I)c1F. The maximum atomic E-state index is 12.6. The molecule has 1 aromatic rings. The van der Waals surface area contributed by atoms with E-state index >= 15 is 0 Å². The molecule has 0 fully saturated rings. The van der Waals surface area contributed by atoms with E-state index in [1.807, 2.05) is 0 Å². The van der Waals surface area contributed by atoms with Gasteiger partial charge in [0, 0.05) is 0 Å². The molecule has 0 bridgehead atoms. The van der Waals surface area contributed by atoms with Crippen LogP contribution >= 0.6 is 22.9 Å². The lowest BCUT2D eigenvalue weighted by Crippen LogP contribution is -1.97. The van der Waals surface area contributed by atoms with Crippen LogP contribution in [0.2, 0.25) is 0 Å². The number of anilines is 1. The number of rotatable bonds is 1. The molecular weight excluding hydrogens is 270 g/mol. The normalized spacial score (nSPS) is 9.82. The molecule has 0 saturated heterocycles. The minimum atomic E-state index is -1.18. The average Bonchev–Trinajstić information content (AvgIpc) is 1.94. The van der Waals surface area contributed by atoms with Gasteiger partial charge in [-0.15, -0.1) is 3.34 Å². The second-order valence-electron chi connectivity index (χ2n) is 1.81.